The molecule has 2 aromatic rings. The van der Waals surface area contributed by atoms with Crippen LogP contribution in [0.25, 0.3) is 6.08 Å². The number of allylic oxidation sites excluding steroid dienone is 1. The third-order valence-corrected chi connectivity index (χ3v) is 3.64. The quantitative estimate of drug-likeness (QED) is 0.537. The standard InChI is InChI=1S/C20H21NO6/c1-24-17-10-14(11-18(25-2)20(17)26-3)16(22)9-6-13-4-7-15(8-5-13)27-12-19(21)23/h4-11H,12H2,1-3H3,(H2,21,23)/b9-6+. The van der Waals surface area contributed by atoms with E-state index in [1.165, 1.54) is 27.4 Å². The highest BCUT2D eigenvalue weighted by Crippen LogP contribution is 2.38. The summed E-state index contributed by atoms with van der Waals surface area (Å²) in [6, 6.07) is 10.1. The fourth-order valence-corrected chi connectivity index (χ4v) is 2.32. The summed E-state index contributed by atoms with van der Waals surface area (Å²) in [5.74, 6) is 0.987. The highest BCUT2D eigenvalue weighted by molar-refractivity contribution is 6.07. The number of hydrogen-bond donors (Lipinski definition) is 1. The van der Waals surface area contributed by atoms with Crippen molar-refractivity contribution in [3.8, 4) is 23.0 Å². The summed E-state index contributed by atoms with van der Waals surface area (Å²) < 4.78 is 20.9. The number of ether oxygens (including phenoxy) is 4. The number of carbonyl (C=O) groups is 2. The number of methoxy groups -OCH3 is 3. The average Bonchev–Trinajstić information content (AvgIpc) is 2.69. The highest BCUT2D eigenvalue weighted by Gasteiger charge is 2.15. The van der Waals surface area contributed by atoms with Gasteiger partial charge in [-0.2, -0.15) is 0 Å². The summed E-state index contributed by atoms with van der Waals surface area (Å²) in [7, 11) is 4.48. The van der Waals surface area contributed by atoms with Gasteiger partial charge >= 0.3 is 0 Å². The van der Waals surface area contributed by atoms with Gasteiger partial charge in [-0.3, -0.25) is 9.59 Å². The molecule has 0 spiro atoms. The van der Waals surface area contributed by atoms with E-state index in [1.807, 2.05) is 0 Å². The third-order valence-electron chi connectivity index (χ3n) is 3.64. The zero-order chi connectivity index (χ0) is 19.8. The normalized spacial score (nSPS) is 10.5. The van der Waals surface area contributed by atoms with Crippen LogP contribution >= 0.6 is 0 Å². The van der Waals surface area contributed by atoms with Crippen LogP contribution in [0.1, 0.15) is 15.9 Å². The Morgan fingerprint density at radius 1 is 0.963 bits per heavy atom. The first-order valence-corrected chi connectivity index (χ1v) is 8.02. The summed E-state index contributed by atoms with van der Waals surface area (Å²) in [5.41, 5.74) is 6.23. The first kappa shape index (κ1) is 19.8. The Labute approximate surface area is 157 Å². The Hall–Kier alpha value is -3.48. The summed E-state index contributed by atoms with van der Waals surface area (Å²) in [5, 5.41) is 0. The molecule has 7 nitrogen and oxygen atoms in total. The van der Waals surface area contributed by atoms with Crippen molar-refractivity contribution >= 4 is 17.8 Å². The summed E-state index contributed by atoms with van der Waals surface area (Å²) >= 11 is 0. The van der Waals surface area contributed by atoms with E-state index in [1.54, 1.807) is 42.5 Å². The van der Waals surface area contributed by atoms with Gasteiger partial charge in [0.05, 0.1) is 21.3 Å². The maximum atomic E-state index is 12.5. The van der Waals surface area contributed by atoms with E-state index in [0.29, 0.717) is 28.6 Å². The van der Waals surface area contributed by atoms with Gasteiger partial charge in [-0.25, -0.2) is 0 Å². The molecule has 0 aliphatic carbocycles. The van der Waals surface area contributed by atoms with Crippen LogP contribution < -0.4 is 24.7 Å². The first-order chi connectivity index (χ1) is 13.0. The molecule has 2 N–H and O–H groups in total. The van der Waals surface area contributed by atoms with Crippen molar-refractivity contribution in [1.29, 1.82) is 0 Å². The third kappa shape index (κ3) is 5.24. The van der Waals surface area contributed by atoms with Crippen molar-refractivity contribution < 1.29 is 28.5 Å². The molecule has 142 valence electrons. The van der Waals surface area contributed by atoms with Crippen LogP contribution in [0, 0.1) is 0 Å². The van der Waals surface area contributed by atoms with Gasteiger partial charge in [0.1, 0.15) is 5.75 Å². The molecule has 27 heavy (non-hydrogen) atoms. The van der Waals surface area contributed by atoms with E-state index >= 15 is 0 Å². The van der Waals surface area contributed by atoms with E-state index in [4.69, 9.17) is 24.7 Å². The van der Waals surface area contributed by atoms with Crippen molar-refractivity contribution in [1.82, 2.24) is 0 Å². The molecule has 7 heteroatoms. The number of amides is 1. The van der Waals surface area contributed by atoms with Crippen LogP contribution in [0.5, 0.6) is 23.0 Å². The lowest BCUT2D eigenvalue weighted by Gasteiger charge is -2.13. The number of hydrogen-bond acceptors (Lipinski definition) is 6. The molecule has 0 aromatic heterocycles. The molecule has 0 saturated carbocycles. The Kier molecular flexibility index (Phi) is 6.82. The Bertz CT molecular complexity index is 817. The van der Waals surface area contributed by atoms with Crippen molar-refractivity contribution in [2.45, 2.75) is 0 Å². The molecule has 2 aromatic carbocycles. The Morgan fingerprint density at radius 3 is 2.04 bits per heavy atom. The number of nitrogens with two attached hydrogens (primary N) is 1. The zero-order valence-electron chi connectivity index (χ0n) is 15.4. The number of carbonyl (C=O) groups excluding carboxylic acids is 2. The highest BCUT2D eigenvalue weighted by atomic mass is 16.5. The van der Waals surface area contributed by atoms with Gasteiger partial charge in [-0.1, -0.05) is 18.2 Å². The molecule has 0 bridgehead atoms. The average molecular weight is 371 g/mol. The molecule has 0 aliphatic heterocycles. The van der Waals surface area contributed by atoms with E-state index < -0.39 is 5.91 Å². The van der Waals surface area contributed by atoms with Crippen LogP contribution in [0.15, 0.2) is 42.5 Å². The van der Waals surface area contributed by atoms with Gasteiger partial charge in [-0.05, 0) is 35.9 Å². The maximum Gasteiger partial charge on any atom is 0.255 e. The van der Waals surface area contributed by atoms with Crippen LogP contribution in [0.3, 0.4) is 0 Å². The topological polar surface area (TPSA) is 97.1 Å². The van der Waals surface area contributed by atoms with Gasteiger partial charge in [0.15, 0.2) is 23.9 Å². The lowest BCUT2D eigenvalue weighted by molar-refractivity contribution is -0.119. The van der Waals surface area contributed by atoms with Crippen LogP contribution in [-0.2, 0) is 4.79 Å². The SMILES string of the molecule is COc1cc(C(=O)/C=C/c2ccc(OCC(N)=O)cc2)cc(OC)c1OC. The van der Waals surface area contributed by atoms with Crippen molar-refractivity contribution in [2.75, 3.05) is 27.9 Å². The summed E-state index contributed by atoms with van der Waals surface area (Å²) in [4.78, 5) is 23.2. The Balaban J connectivity index is 2.15. The molecular formula is C20H21NO6. The molecule has 1 amide bonds. The monoisotopic (exact) mass is 371 g/mol. The Morgan fingerprint density at radius 2 is 1.56 bits per heavy atom. The second kappa shape index (κ2) is 9.28. The molecule has 0 unspecified atom stereocenters. The molecule has 0 aliphatic rings. The van der Waals surface area contributed by atoms with E-state index in [0.717, 1.165) is 5.56 Å². The smallest absolute Gasteiger partial charge is 0.255 e. The molecule has 0 atom stereocenters. The lowest BCUT2D eigenvalue weighted by atomic mass is 10.1. The second-order valence-electron chi connectivity index (χ2n) is 5.44. The van der Waals surface area contributed by atoms with Gasteiger partial charge in [-0.15, -0.1) is 0 Å². The van der Waals surface area contributed by atoms with E-state index in [9.17, 15) is 9.59 Å². The second-order valence-corrected chi connectivity index (χ2v) is 5.44. The van der Waals surface area contributed by atoms with Crippen LogP contribution in [-0.4, -0.2) is 39.6 Å². The van der Waals surface area contributed by atoms with Crippen LogP contribution in [0.4, 0.5) is 0 Å². The maximum absolute atomic E-state index is 12.5. The molecule has 2 rings (SSSR count). The number of ketones is 1. The van der Waals surface area contributed by atoms with Gasteiger partial charge < -0.3 is 24.7 Å². The first-order valence-electron chi connectivity index (χ1n) is 8.02. The van der Waals surface area contributed by atoms with E-state index in [2.05, 4.69) is 0 Å². The molecule has 0 heterocycles. The summed E-state index contributed by atoms with van der Waals surface area (Å²) in [6.45, 7) is -0.186. The fourth-order valence-electron chi connectivity index (χ4n) is 2.32. The van der Waals surface area contributed by atoms with Crippen molar-refractivity contribution in [3.05, 3.63) is 53.6 Å². The van der Waals surface area contributed by atoms with Gasteiger partial charge in [0.25, 0.3) is 5.91 Å². The lowest BCUT2D eigenvalue weighted by Crippen LogP contribution is -2.19. The van der Waals surface area contributed by atoms with Crippen molar-refractivity contribution in [2.24, 2.45) is 5.73 Å². The summed E-state index contributed by atoms with van der Waals surface area (Å²) in [6.07, 6.45) is 3.11. The molecule has 0 radical (unpaired) electrons. The molecule has 0 saturated heterocycles. The number of primary amides is 1. The van der Waals surface area contributed by atoms with Crippen LogP contribution in [0.2, 0.25) is 0 Å². The fraction of sp³-hybridized carbons (Fsp3) is 0.200. The van der Waals surface area contributed by atoms with E-state index in [-0.39, 0.29) is 12.4 Å². The number of rotatable bonds is 9. The molecular weight excluding hydrogens is 350 g/mol. The minimum absolute atomic E-state index is 0.186. The van der Waals surface area contributed by atoms with Gasteiger partial charge in [0, 0.05) is 5.56 Å². The predicted molar refractivity (Wildman–Crippen MR) is 101 cm³/mol. The predicted octanol–water partition coefficient (Wildman–Crippen LogP) is 2.47. The number of benzene rings is 2. The molecule has 0 fully saturated rings. The van der Waals surface area contributed by atoms with Crippen molar-refractivity contribution in [3.63, 3.8) is 0 Å². The van der Waals surface area contributed by atoms with Gasteiger partial charge in [0.2, 0.25) is 5.75 Å². The largest absolute Gasteiger partial charge is 0.493 e. The minimum Gasteiger partial charge on any atom is -0.493 e. The zero-order valence-corrected chi connectivity index (χ0v) is 15.4. The minimum atomic E-state index is -0.546.